The van der Waals surface area contributed by atoms with Crippen molar-refractivity contribution in [3.8, 4) is 11.3 Å². The molecular weight excluding hydrogens is 521 g/mol. The quantitative estimate of drug-likeness (QED) is 0.128. The van der Waals surface area contributed by atoms with Gasteiger partial charge in [-0.3, -0.25) is 0 Å². The molecule has 5 rings (SSSR count). The highest BCUT2D eigenvalue weighted by Crippen LogP contribution is 2.30. The molecule has 1 atom stereocenters. The zero-order valence-electron chi connectivity index (χ0n) is 22.7. The Bertz CT molecular complexity index is 1540. The van der Waals surface area contributed by atoms with Gasteiger partial charge in [0.15, 0.2) is 0 Å². The van der Waals surface area contributed by atoms with Gasteiger partial charge in [0, 0.05) is 16.7 Å². The predicted octanol–water partition coefficient (Wildman–Crippen LogP) is 8.76. The van der Waals surface area contributed by atoms with Crippen LogP contribution in [0.4, 0.5) is 5.13 Å². The summed E-state index contributed by atoms with van der Waals surface area (Å²) >= 11 is 3.05. The normalized spacial score (nSPS) is 12.7. The summed E-state index contributed by atoms with van der Waals surface area (Å²) in [6, 6.07) is 27.2. The lowest BCUT2D eigenvalue weighted by molar-refractivity contribution is 0.404. The maximum atomic E-state index is 6.10. The highest BCUT2D eigenvalue weighted by atomic mass is 32.2. The Hall–Kier alpha value is -3.55. The van der Waals surface area contributed by atoms with Crippen molar-refractivity contribution in [3.63, 3.8) is 0 Å². The molecule has 0 aliphatic carbocycles. The van der Waals surface area contributed by atoms with Crippen molar-refractivity contribution in [1.82, 2.24) is 15.2 Å². The van der Waals surface area contributed by atoms with Crippen LogP contribution in [0.3, 0.4) is 0 Å². The van der Waals surface area contributed by atoms with E-state index in [0.717, 1.165) is 39.6 Å². The third-order valence-electron chi connectivity index (χ3n) is 6.50. The molecule has 0 spiro atoms. The van der Waals surface area contributed by atoms with E-state index < -0.39 is 0 Å². The molecule has 5 aromatic rings. The molecule has 1 unspecified atom stereocenters. The molecule has 2 aromatic heterocycles. The Morgan fingerprint density at radius 2 is 1.67 bits per heavy atom. The first-order valence-corrected chi connectivity index (χ1v) is 15.0. The van der Waals surface area contributed by atoms with Crippen LogP contribution in [0.5, 0.6) is 0 Å². The molecule has 2 heterocycles. The van der Waals surface area contributed by atoms with Crippen molar-refractivity contribution in [2.45, 2.75) is 45.3 Å². The Balaban J connectivity index is 1.33. The molecule has 5 nitrogen and oxygen atoms in total. The first-order valence-electron chi connectivity index (χ1n) is 13.2. The summed E-state index contributed by atoms with van der Waals surface area (Å²) in [6.07, 6.45) is 1.08. The van der Waals surface area contributed by atoms with Gasteiger partial charge in [0.2, 0.25) is 11.0 Å². The van der Waals surface area contributed by atoms with Gasteiger partial charge in [0.1, 0.15) is 0 Å². The average Bonchev–Trinajstić information content (AvgIpc) is 3.62. The molecule has 0 bridgehead atoms. The van der Waals surface area contributed by atoms with Gasteiger partial charge < -0.3 is 4.42 Å². The van der Waals surface area contributed by atoms with Gasteiger partial charge >= 0.3 is 0 Å². The first-order chi connectivity index (χ1) is 19.0. The summed E-state index contributed by atoms with van der Waals surface area (Å²) in [5.74, 6) is 1.87. The number of thiazole rings is 1. The Morgan fingerprint density at radius 3 is 2.41 bits per heavy atom. The maximum absolute atomic E-state index is 6.10. The monoisotopic (exact) mass is 552 g/mol. The molecule has 0 saturated carbocycles. The van der Waals surface area contributed by atoms with E-state index in [2.05, 4.69) is 91.8 Å². The van der Waals surface area contributed by atoms with Crippen LogP contribution in [0.15, 0.2) is 98.9 Å². The molecule has 0 aliphatic heterocycles. The Labute approximate surface area is 238 Å². The van der Waals surface area contributed by atoms with Crippen LogP contribution < -0.4 is 0 Å². The van der Waals surface area contributed by atoms with Gasteiger partial charge in [0.25, 0.3) is 5.22 Å². The topological polar surface area (TPSA) is 64.2 Å². The maximum Gasteiger partial charge on any atom is 0.276 e. The zero-order chi connectivity index (χ0) is 27.2. The van der Waals surface area contributed by atoms with Crippen molar-refractivity contribution in [2.75, 3.05) is 5.75 Å². The summed E-state index contributed by atoms with van der Waals surface area (Å²) < 4.78 is 6.10. The molecule has 3 aromatic carbocycles. The number of hydrogen-bond acceptors (Lipinski definition) is 7. The van der Waals surface area contributed by atoms with E-state index in [1.165, 1.54) is 22.9 Å². The van der Waals surface area contributed by atoms with Crippen molar-refractivity contribution < 1.29 is 4.42 Å². The van der Waals surface area contributed by atoms with E-state index in [9.17, 15) is 0 Å². The second-order valence-corrected chi connectivity index (χ2v) is 11.8. The third-order valence-corrected chi connectivity index (χ3v) is 8.06. The van der Waals surface area contributed by atoms with E-state index in [1.54, 1.807) is 11.3 Å². The van der Waals surface area contributed by atoms with Gasteiger partial charge in [-0.2, -0.15) is 0 Å². The summed E-state index contributed by atoms with van der Waals surface area (Å²) in [5.41, 5.74) is 7.73. The molecule has 0 N–H and O–H groups in total. The summed E-state index contributed by atoms with van der Waals surface area (Å²) in [7, 11) is 0. The SMILES string of the molecule is Cc1ccccc1C(CSc1nnc(C(C)c2ccc(CC(C)C)cc2)o1)=Nc1nc(-c2ccccc2)cs1. The minimum Gasteiger partial charge on any atom is -0.415 e. The fourth-order valence-electron chi connectivity index (χ4n) is 4.38. The van der Waals surface area contributed by atoms with Crippen LogP contribution in [0.25, 0.3) is 11.3 Å². The molecular formula is C32H32N4OS2. The van der Waals surface area contributed by atoms with Gasteiger partial charge in [-0.1, -0.05) is 104 Å². The number of thioether (sulfide) groups is 1. The Morgan fingerprint density at radius 1 is 0.923 bits per heavy atom. The average molecular weight is 553 g/mol. The summed E-state index contributed by atoms with van der Waals surface area (Å²) in [4.78, 5) is 9.77. The van der Waals surface area contributed by atoms with E-state index in [1.807, 2.05) is 30.3 Å². The molecule has 7 heteroatoms. The largest absolute Gasteiger partial charge is 0.415 e. The number of hydrogen-bond donors (Lipinski definition) is 0. The second-order valence-electron chi connectivity index (χ2n) is 10.0. The third kappa shape index (κ3) is 6.91. The van der Waals surface area contributed by atoms with Crippen molar-refractivity contribution >= 4 is 33.9 Å². The van der Waals surface area contributed by atoms with E-state index >= 15 is 0 Å². The number of rotatable bonds is 10. The molecule has 39 heavy (non-hydrogen) atoms. The fourth-order valence-corrected chi connectivity index (χ4v) is 5.82. The van der Waals surface area contributed by atoms with Gasteiger partial charge in [0.05, 0.1) is 17.3 Å². The lowest BCUT2D eigenvalue weighted by Gasteiger charge is -2.10. The molecule has 198 valence electrons. The van der Waals surface area contributed by atoms with Crippen molar-refractivity contribution in [1.29, 1.82) is 0 Å². The van der Waals surface area contributed by atoms with Crippen molar-refractivity contribution in [2.24, 2.45) is 10.9 Å². The highest BCUT2D eigenvalue weighted by Gasteiger charge is 2.18. The molecule has 0 amide bonds. The second kappa shape index (κ2) is 12.5. The number of benzene rings is 3. The predicted molar refractivity (Wildman–Crippen MR) is 162 cm³/mol. The number of aryl methyl sites for hydroxylation is 1. The minimum atomic E-state index is 0.0242. The van der Waals surface area contributed by atoms with Crippen LogP contribution in [0, 0.1) is 12.8 Å². The van der Waals surface area contributed by atoms with Gasteiger partial charge in [-0.05, 0) is 48.4 Å². The first kappa shape index (κ1) is 27.0. The number of nitrogens with zero attached hydrogens (tertiary/aromatic N) is 4. The van der Waals surface area contributed by atoms with Crippen LogP contribution >= 0.6 is 23.1 Å². The van der Waals surface area contributed by atoms with Crippen LogP contribution in [0.2, 0.25) is 0 Å². The lowest BCUT2D eigenvalue weighted by atomic mass is 9.97. The van der Waals surface area contributed by atoms with Crippen LogP contribution in [-0.4, -0.2) is 26.6 Å². The standard InChI is InChI=1S/C32H32N4OS2/c1-21(2)18-24-14-16-25(17-15-24)23(4)30-35-36-32(37-30)39-20-29(27-13-9-8-10-22(27)3)34-31-33-28(19-38-31)26-11-6-5-7-12-26/h5-17,19,21,23H,18,20H2,1-4H3. The van der Waals surface area contributed by atoms with E-state index in [-0.39, 0.29) is 5.92 Å². The minimum absolute atomic E-state index is 0.0242. The summed E-state index contributed by atoms with van der Waals surface area (Å²) in [5, 5.41) is 12.0. The van der Waals surface area contributed by atoms with E-state index in [0.29, 0.717) is 22.8 Å². The van der Waals surface area contributed by atoms with Crippen LogP contribution in [0.1, 0.15) is 54.8 Å². The highest BCUT2D eigenvalue weighted by molar-refractivity contribution is 7.99. The fraction of sp³-hybridized carbons (Fsp3) is 0.250. The molecule has 0 saturated heterocycles. The Kier molecular flexibility index (Phi) is 8.69. The molecule has 0 fully saturated rings. The van der Waals surface area contributed by atoms with Gasteiger partial charge in [-0.15, -0.1) is 21.5 Å². The zero-order valence-corrected chi connectivity index (χ0v) is 24.3. The van der Waals surface area contributed by atoms with Crippen molar-refractivity contribution in [3.05, 3.63) is 112 Å². The molecule has 0 aliphatic rings. The van der Waals surface area contributed by atoms with E-state index in [4.69, 9.17) is 14.4 Å². The molecule has 0 radical (unpaired) electrons. The van der Waals surface area contributed by atoms with Crippen LogP contribution in [-0.2, 0) is 6.42 Å². The lowest BCUT2D eigenvalue weighted by Crippen LogP contribution is -2.06. The van der Waals surface area contributed by atoms with Gasteiger partial charge in [-0.25, -0.2) is 9.98 Å². The smallest absolute Gasteiger partial charge is 0.276 e. The number of aliphatic imine (C=N–C) groups is 1. The number of aromatic nitrogens is 3. The summed E-state index contributed by atoms with van der Waals surface area (Å²) in [6.45, 7) is 8.68.